The third-order valence-corrected chi connectivity index (χ3v) is 6.56. The summed E-state index contributed by atoms with van der Waals surface area (Å²) in [5.41, 5.74) is 7.94. The quantitative estimate of drug-likeness (QED) is 0.612. The lowest BCUT2D eigenvalue weighted by Crippen LogP contribution is -2.35. The van der Waals surface area contributed by atoms with Gasteiger partial charge in [0.05, 0.1) is 0 Å². The second-order valence-electron chi connectivity index (χ2n) is 8.97. The number of nitrogen functional groups attached to an aromatic ring is 1. The maximum atomic E-state index is 12.7. The van der Waals surface area contributed by atoms with Crippen molar-refractivity contribution in [1.82, 2.24) is 10.3 Å². The van der Waals surface area contributed by atoms with Crippen LogP contribution in [-0.2, 0) is 9.59 Å². The van der Waals surface area contributed by atoms with Gasteiger partial charge < -0.3 is 20.9 Å². The van der Waals surface area contributed by atoms with E-state index in [2.05, 4.69) is 10.3 Å². The Morgan fingerprint density at radius 3 is 2.50 bits per heavy atom. The average molecular weight is 458 g/mol. The second-order valence-corrected chi connectivity index (χ2v) is 8.97. The van der Waals surface area contributed by atoms with Crippen LogP contribution in [0.15, 0.2) is 54.7 Å². The van der Waals surface area contributed by atoms with E-state index in [1.165, 1.54) is 0 Å². The third-order valence-electron chi connectivity index (χ3n) is 6.56. The van der Waals surface area contributed by atoms with Gasteiger partial charge in [-0.25, -0.2) is 4.98 Å². The minimum absolute atomic E-state index is 0.0294. The molecule has 3 aromatic rings. The van der Waals surface area contributed by atoms with Crippen LogP contribution in [-0.4, -0.2) is 42.3 Å². The van der Waals surface area contributed by atoms with Crippen molar-refractivity contribution in [3.05, 3.63) is 60.3 Å². The summed E-state index contributed by atoms with van der Waals surface area (Å²) in [4.78, 5) is 45.1. The molecule has 1 unspecified atom stereocenters. The molecule has 2 saturated heterocycles. The maximum Gasteiger partial charge on any atom is 0.251 e. The Hall–Kier alpha value is -3.94. The summed E-state index contributed by atoms with van der Waals surface area (Å²) in [7, 11) is 0. The number of carbonyl (C=O) groups is 3. The van der Waals surface area contributed by atoms with Crippen LogP contribution in [0.3, 0.4) is 0 Å². The number of nitrogens with zero attached hydrogens (tertiary/aromatic N) is 3. The molecule has 1 atom stereocenters. The van der Waals surface area contributed by atoms with Gasteiger partial charge in [-0.15, -0.1) is 0 Å². The number of pyridine rings is 1. The number of benzene rings is 2. The number of carbonyl (C=O) groups excluding carboxylic acids is 3. The molecular formula is C26H27N5O3. The van der Waals surface area contributed by atoms with Crippen LogP contribution in [0.25, 0.3) is 10.8 Å². The van der Waals surface area contributed by atoms with E-state index in [1.54, 1.807) is 29.3 Å². The fourth-order valence-corrected chi connectivity index (χ4v) is 4.70. The van der Waals surface area contributed by atoms with Crippen molar-refractivity contribution in [2.24, 2.45) is 5.92 Å². The molecule has 174 valence electrons. The second kappa shape index (κ2) is 9.13. The maximum absolute atomic E-state index is 12.7. The van der Waals surface area contributed by atoms with Gasteiger partial charge >= 0.3 is 0 Å². The zero-order chi connectivity index (χ0) is 23.7. The van der Waals surface area contributed by atoms with E-state index < -0.39 is 0 Å². The highest BCUT2D eigenvalue weighted by atomic mass is 16.2. The Balaban J connectivity index is 1.19. The molecule has 0 bridgehead atoms. The summed E-state index contributed by atoms with van der Waals surface area (Å²) in [5.74, 6) is 0.478. The minimum atomic E-state index is -0.180. The van der Waals surface area contributed by atoms with Crippen molar-refractivity contribution >= 4 is 45.7 Å². The number of hydrogen-bond acceptors (Lipinski definition) is 5. The van der Waals surface area contributed by atoms with Gasteiger partial charge in [0, 0.05) is 66.9 Å². The molecule has 2 aliphatic rings. The number of nitrogens with two attached hydrogens (primary N) is 1. The van der Waals surface area contributed by atoms with Crippen LogP contribution in [0.1, 0.15) is 36.0 Å². The zero-order valence-corrected chi connectivity index (χ0v) is 18.9. The number of hydrogen-bond donors (Lipinski definition) is 2. The van der Waals surface area contributed by atoms with E-state index in [-0.39, 0.29) is 23.6 Å². The number of anilines is 3. The van der Waals surface area contributed by atoms with E-state index in [1.807, 2.05) is 35.2 Å². The molecule has 0 radical (unpaired) electrons. The van der Waals surface area contributed by atoms with Crippen LogP contribution in [0.4, 0.5) is 17.2 Å². The fourth-order valence-electron chi connectivity index (χ4n) is 4.70. The smallest absolute Gasteiger partial charge is 0.251 e. The fraction of sp³-hybridized carbons (Fsp3) is 0.308. The Morgan fingerprint density at radius 1 is 0.971 bits per heavy atom. The molecule has 3 amide bonds. The van der Waals surface area contributed by atoms with Crippen molar-refractivity contribution < 1.29 is 14.4 Å². The topological polar surface area (TPSA) is 109 Å². The lowest BCUT2D eigenvalue weighted by molar-refractivity contribution is -0.119. The highest BCUT2D eigenvalue weighted by Crippen LogP contribution is 2.28. The summed E-state index contributed by atoms with van der Waals surface area (Å²) in [5, 5.41) is 4.73. The van der Waals surface area contributed by atoms with Crippen molar-refractivity contribution in [1.29, 1.82) is 0 Å². The Kier molecular flexibility index (Phi) is 5.88. The first-order valence-electron chi connectivity index (χ1n) is 11.6. The first-order valence-corrected chi connectivity index (χ1v) is 11.6. The van der Waals surface area contributed by atoms with E-state index in [4.69, 9.17) is 5.73 Å². The van der Waals surface area contributed by atoms with Crippen molar-refractivity contribution in [2.45, 2.75) is 25.7 Å². The van der Waals surface area contributed by atoms with Crippen LogP contribution < -0.4 is 20.9 Å². The van der Waals surface area contributed by atoms with Gasteiger partial charge in [-0.2, -0.15) is 0 Å². The van der Waals surface area contributed by atoms with Crippen LogP contribution in [0.5, 0.6) is 0 Å². The summed E-state index contributed by atoms with van der Waals surface area (Å²) in [6.07, 6.45) is 4.58. The lowest BCUT2D eigenvalue weighted by atomic mass is 10.1. The van der Waals surface area contributed by atoms with Gasteiger partial charge in [-0.05, 0) is 60.7 Å². The molecule has 3 N–H and O–H groups in total. The normalized spacial score (nSPS) is 18.5. The van der Waals surface area contributed by atoms with Crippen molar-refractivity contribution in [3.8, 4) is 0 Å². The molecule has 2 fully saturated rings. The predicted molar refractivity (Wildman–Crippen MR) is 132 cm³/mol. The van der Waals surface area contributed by atoms with Crippen molar-refractivity contribution in [3.63, 3.8) is 0 Å². The molecule has 5 rings (SSSR count). The SMILES string of the molecule is Nc1cc2ccc(C(=O)NCC3CC(=O)N(c4ccc(N5CCCCC5=O)cc4)C3)cc2cn1. The Morgan fingerprint density at radius 2 is 1.74 bits per heavy atom. The molecule has 0 spiro atoms. The standard InChI is InChI=1S/C26H27N5O3/c27-23-13-18-4-5-19(12-20(18)15-28-23)26(34)29-14-17-11-25(33)31(16-17)22-8-6-21(7-9-22)30-10-2-1-3-24(30)32/h4-9,12-13,15,17H,1-3,10-11,14,16H2,(H2,27,28)(H,29,34). The van der Waals surface area contributed by atoms with Crippen molar-refractivity contribution in [2.75, 3.05) is 35.2 Å². The first-order chi connectivity index (χ1) is 16.5. The van der Waals surface area contributed by atoms with E-state index in [9.17, 15) is 14.4 Å². The first kappa shape index (κ1) is 21.9. The minimum Gasteiger partial charge on any atom is -0.384 e. The molecule has 34 heavy (non-hydrogen) atoms. The number of nitrogens with one attached hydrogen (secondary N) is 1. The number of aromatic nitrogens is 1. The van der Waals surface area contributed by atoms with Crippen LogP contribution >= 0.6 is 0 Å². The summed E-state index contributed by atoms with van der Waals surface area (Å²) < 4.78 is 0. The molecular weight excluding hydrogens is 430 g/mol. The van der Waals surface area contributed by atoms with Crippen LogP contribution in [0, 0.1) is 5.92 Å². The van der Waals surface area contributed by atoms with Crippen LogP contribution in [0.2, 0.25) is 0 Å². The number of amides is 3. The molecule has 0 saturated carbocycles. The molecule has 2 aromatic carbocycles. The molecule has 1 aromatic heterocycles. The Labute approximate surface area is 197 Å². The molecule has 8 nitrogen and oxygen atoms in total. The average Bonchev–Trinajstić information content (AvgIpc) is 3.23. The lowest BCUT2D eigenvalue weighted by Gasteiger charge is -2.27. The van der Waals surface area contributed by atoms with E-state index >= 15 is 0 Å². The number of piperidine rings is 1. The summed E-state index contributed by atoms with van der Waals surface area (Å²) in [6, 6.07) is 14.8. The molecule has 0 aliphatic carbocycles. The van der Waals surface area contributed by atoms with Gasteiger partial charge in [-0.1, -0.05) is 6.07 Å². The van der Waals surface area contributed by atoms with Gasteiger partial charge in [-0.3, -0.25) is 14.4 Å². The molecule has 2 aliphatic heterocycles. The predicted octanol–water partition coefficient (Wildman–Crippen LogP) is 3.12. The summed E-state index contributed by atoms with van der Waals surface area (Å²) >= 11 is 0. The summed E-state index contributed by atoms with van der Waals surface area (Å²) in [6.45, 7) is 1.70. The molecule has 3 heterocycles. The largest absolute Gasteiger partial charge is 0.384 e. The van der Waals surface area contributed by atoms with E-state index in [0.717, 1.165) is 41.5 Å². The van der Waals surface area contributed by atoms with Gasteiger partial charge in [0.25, 0.3) is 5.91 Å². The van der Waals surface area contributed by atoms with Gasteiger partial charge in [0.1, 0.15) is 5.82 Å². The number of rotatable bonds is 5. The van der Waals surface area contributed by atoms with Gasteiger partial charge in [0.15, 0.2) is 0 Å². The highest BCUT2D eigenvalue weighted by molar-refractivity contribution is 5.99. The molecule has 8 heteroatoms. The zero-order valence-electron chi connectivity index (χ0n) is 18.9. The van der Waals surface area contributed by atoms with E-state index in [0.29, 0.717) is 37.3 Å². The number of fused-ring (bicyclic) bond motifs is 1. The Bertz CT molecular complexity index is 1260. The third kappa shape index (κ3) is 4.44. The highest BCUT2D eigenvalue weighted by Gasteiger charge is 2.31. The van der Waals surface area contributed by atoms with Gasteiger partial charge in [0.2, 0.25) is 11.8 Å². The monoisotopic (exact) mass is 457 g/mol.